The minimum Gasteiger partial charge on any atom is -0.311 e. The molecule has 1 aliphatic carbocycles. The van der Waals surface area contributed by atoms with Crippen molar-refractivity contribution in [2.24, 2.45) is 0 Å². The zero-order valence-corrected chi connectivity index (χ0v) is 13.7. The summed E-state index contributed by atoms with van der Waals surface area (Å²) in [5, 5.41) is 3.64. The summed E-state index contributed by atoms with van der Waals surface area (Å²) >= 11 is 0. The van der Waals surface area contributed by atoms with E-state index >= 15 is 0 Å². The SMILES string of the molecule is CC1(Cc2cccc(-c3cccc4c3CCC4=O)c2)CCCN1. The number of carbonyl (C=O) groups is 1. The molecule has 0 aromatic heterocycles. The van der Waals surface area contributed by atoms with Crippen molar-refractivity contribution in [1.82, 2.24) is 5.32 Å². The number of carbonyl (C=O) groups excluding carboxylic acids is 1. The zero-order valence-electron chi connectivity index (χ0n) is 13.7. The molecule has 1 fully saturated rings. The Labute approximate surface area is 137 Å². The first-order valence-electron chi connectivity index (χ1n) is 8.64. The van der Waals surface area contributed by atoms with E-state index in [4.69, 9.17) is 0 Å². The molecule has 0 bridgehead atoms. The molecule has 2 aliphatic rings. The van der Waals surface area contributed by atoms with Gasteiger partial charge in [0.2, 0.25) is 0 Å². The van der Waals surface area contributed by atoms with Crippen molar-refractivity contribution in [1.29, 1.82) is 0 Å². The first-order chi connectivity index (χ1) is 11.1. The Morgan fingerprint density at radius 2 is 1.91 bits per heavy atom. The van der Waals surface area contributed by atoms with E-state index in [9.17, 15) is 4.79 Å². The predicted octanol–water partition coefficient (Wildman–Crippen LogP) is 4.17. The molecule has 1 saturated heterocycles. The highest BCUT2D eigenvalue weighted by atomic mass is 16.1. The van der Waals surface area contributed by atoms with Crippen LogP contribution in [0.2, 0.25) is 0 Å². The van der Waals surface area contributed by atoms with Crippen molar-refractivity contribution < 1.29 is 4.79 Å². The summed E-state index contributed by atoms with van der Waals surface area (Å²) in [4.78, 5) is 12.0. The molecular weight excluding hydrogens is 282 g/mol. The van der Waals surface area contributed by atoms with E-state index in [1.165, 1.54) is 35.1 Å². The standard InChI is InChI=1S/C21H23NO/c1-21(11-4-12-22-21)14-15-5-2-6-16(13-15)17-7-3-8-19-18(17)9-10-20(19)23/h2-3,5-8,13,22H,4,9-12,14H2,1H3. The summed E-state index contributed by atoms with van der Waals surface area (Å²) < 4.78 is 0. The molecule has 0 radical (unpaired) electrons. The molecule has 4 rings (SSSR count). The van der Waals surface area contributed by atoms with E-state index < -0.39 is 0 Å². The molecule has 23 heavy (non-hydrogen) atoms. The smallest absolute Gasteiger partial charge is 0.163 e. The molecule has 2 nitrogen and oxygen atoms in total. The number of Topliss-reactive ketones (excluding diaryl/α,β-unsaturated/α-hetero) is 1. The second-order valence-electron chi connectivity index (χ2n) is 7.22. The van der Waals surface area contributed by atoms with E-state index in [0.29, 0.717) is 12.2 Å². The van der Waals surface area contributed by atoms with Gasteiger partial charge in [-0.15, -0.1) is 0 Å². The first kappa shape index (κ1) is 14.6. The van der Waals surface area contributed by atoms with Crippen molar-refractivity contribution >= 4 is 5.78 Å². The third-order valence-corrected chi connectivity index (χ3v) is 5.37. The number of nitrogens with one attached hydrogen (secondary N) is 1. The Hall–Kier alpha value is -1.93. The Balaban J connectivity index is 1.68. The maximum atomic E-state index is 12.0. The molecule has 0 saturated carbocycles. The molecule has 1 unspecified atom stereocenters. The van der Waals surface area contributed by atoms with Crippen LogP contribution in [0.1, 0.15) is 47.7 Å². The van der Waals surface area contributed by atoms with Crippen LogP contribution in [0.15, 0.2) is 42.5 Å². The number of ketones is 1. The Kier molecular flexibility index (Phi) is 3.57. The van der Waals surface area contributed by atoms with Crippen LogP contribution in [-0.4, -0.2) is 17.9 Å². The lowest BCUT2D eigenvalue weighted by molar-refractivity contribution is 0.0994. The van der Waals surface area contributed by atoms with Crippen LogP contribution in [0.3, 0.4) is 0 Å². The average Bonchev–Trinajstić information content (AvgIpc) is 3.14. The summed E-state index contributed by atoms with van der Waals surface area (Å²) in [7, 11) is 0. The van der Waals surface area contributed by atoms with Gasteiger partial charge in [0.05, 0.1) is 0 Å². The van der Waals surface area contributed by atoms with E-state index in [-0.39, 0.29) is 5.54 Å². The molecule has 118 valence electrons. The van der Waals surface area contributed by atoms with Gasteiger partial charge in [-0.05, 0) is 61.4 Å². The van der Waals surface area contributed by atoms with Crippen molar-refractivity contribution in [3.63, 3.8) is 0 Å². The van der Waals surface area contributed by atoms with Crippen molar-refractivity contribution in [3.05, 3.63) is 59.2 Å². The molecule has 2 aromatic carbocycles. The summed E-state index contributed by atoms with van der Waals surface area (Å²) in [6.07, 6.45) is 5.12. The van der Waals surface area contributed by atoms with Gasteiger partial charge in [0, 0.05) is 17.5 Å². The first-order valence-corrected chi connectivity index (χ1v) is 8.64. The van der Waals surface area contributed by atoms with E-state index in [2.05, 4.69) is 42.6 Å². The van der Waals surface area contributed by atoms with Crippen LogP contribution < -0.4 is 5.32 Å². The molecule has 0 amide bonds. The van der Waals surface area contributed by atoms with E-state index in [1.807, 2.05) is 12.1 Å². The lowest BCUT2D eigenvalue weighted by atomic mass is 9.89. The van der Waals surface area contributed by atoms with Crippen LogP contribution in [0, 0.1) is 0 Å². The summed E-state index contributed by atoms with van der Waals surface area (Å²) in [6.45, 7) is 3.45. The van der Waals surface area contributed by atoms with Gasteiger partial charge in [-0.3, -0.25) is 4.79 Å². The Morgan fingerprint density at radius 3 is 2.74 bits per heavy atom. The Morgan fingerprint density at radius 1 is 1.09 bits per heavy atom. The maximum Gasteiger partial charge on any atom is 0.163 e. The number of hydrogen-bond donors (Lipinski definition) is 1. The normalized spacial score (nSPS) is 23.3. The molecule has 0 spiro atoms. The van der Waals surface area contributed by atoms with Gasteiger partial charge < -0.3 is 5.32 Å². The van der Waals surface area contributed by atoms with Crippen molar-refractivity contribution in [2.45, 2.75) is 44.6 Å². The molecule has 1 heterocycles. The number of fused-ring (bicyclic) bond motifs is 1. The average molecular weight is 305 g/mol. The molecule has 1 N–H and O–H groups in total. The third kappa shape index (κ3) is 2.72. The topological polar surface area (TPSA) is 29.1 Å². The monoisotopic (exact) mass is 305 g/mol. The third-order valence-electron chi connectivity index (χ3n) is 5.37. The highest BCUT2D eigenvalue weighted by Gasteiger charge is 2.28. The molecule has 1 atom stereocenters. The van der Waals surface area contributed by atoms with Gasteiger partial charge in [-0.1, -0.05) is 42.5 Å². The zero-order chi connectivity index (χ0) is 15.9. The molecule has 2 heteroatoms. The van der Waals surface area contributed by atoms with Gasteiger partial charge in [0.25, 0.3) is 0 Å². The highest BCUT2D eigenvalue weighted by molar-refractivity contribution is 6.02. The fraction of sp³-hybridized carbons (Fsp3) is 0.381. The van der Waals surface area contributed by atoms with Gasteiger partial charge >= 0.3 is 0 Å². The van der Waals surface area contributed by atoms with E-state index in [1.54, 1.807) is 0 Å². The number of benzene rings is 2. The minimum atomic E-state index is 0.229. The maximum absolute atomic E-state index is 12.0. The predicted molar refractivity (Wildman–Crippen MR) is 93.9 cm³/mol. The summed E-state index contributed by atoms with van der Waals surface area (Å²) in [5.74, 6) is 0.292. The second kappa shape index (κ2) is 5.61. The van der Waals surface area contributed by atoms with Gasteiger partial charge in [-0.25, -0.2) is 0 Å². The lowest BCUT2D eigenvalue weighted by Gasteiger charge is -2.24. The quantitative estimate of drug-likeness (QED) is 0.922. The van der Waals surface area contributed by atoms with Gasteiger partial charge in [-0.2, -0.15) is 0 Å². The highest BCUT2D eigenvalue weighted by Crippen LogP contribution is 2.33. The fourth-order valence-electron chi connectivity index (χ4n) is 4.17. The van der Waals surface area contributed by atoms with Gasteiger partial charge in [0.15, 0.2) is 5.78 Å². The molecular formula is C21H23NO. The summed E-state index contributed by atoms with van der Waals surface area (Å²) in [5.41, 5.74) is 6.25. The van der Waals surface area contributed by atoms with Crippen LogP contribution in [0.4, 0.5) is 0 Å². The van der Waals surface area contributed by atoms with Crippen LogP contribution in [-0.2, 0) is 12.8 Å². The molecule has 1 aliphatic heterocycles. The van der Waals surface area contributed by atoms with Gasteiger partial charge in [0.1, 0.15) is 0 Å². The van der Waals surface area contributed by atoms with Crippen molar-refractivity contribution in [3.8, 4) is 11.1 Å². The minimum absolute atomic E-state index is 0.229. The largest absolute Gasteiger partial charge is 0.311 e. The molecule has 2 aromatic rings. The van der Waals surface area contributed by atoms with Crippen LogP contribution >= 0.6 is 0 Å². The van der Waals surface area contributed by atoms with Crippen molar-refractivity contribution in [2.75, 3.05) is 6.54 Å². The van der Waals surface area contributed by atoms with Crippen LogP contribution in [0.5, 0.6) is 0 Å². The summed E-state index contributed by atoms with van der Waals surface area (Å²) in [6, 6.07) is 15.0. The second-order valence-corrected chi connectivity index (χ2v) is 7.22. The fourth-order valence-corrected chi connectivity index (χ4v) is 4.17. The number of rotatable bonds is 3. The number of hydrogen-bond acceptors (Lipinski definition) is 2. The lowest BCUT2D eigenvalue weighted by Crippen LogP contribution is -2.38. The Bertz CT molecular complexity index is 756. The van der Waals surface area contributed by atoms with E-state index in [0.717, 1.165) is 24.9 Å². The van der Waals surface area contributed by atoms with Crippen LogP contribution in [0.25, 0.3) is 11.1 Å².